The highest BCUT2D eigenvalue weighted by atomic mass is 35.5. The SMILES string of the molecule is Cc1noc(-c2ccccc2C(=O)NCC2CNCC2O)n1.Cl. The first-order chi connectivity index (χ1) is 10.6. The second-order valence-corrected chi connectivity index (χ2v) is 5.39. The second-order valence-electron chi connectivity index (χ2n) is 5.39. The molecule has 3 N–H and O–H groups in total. The van der Waals surface area contributed by atoms with Crippen molar-refractivity contribution >= 4 is 18.3 Å². The minimum atomic E-state index is -0.422. The predicted octanol–water partition coefficient (Wildman–Crippen LogP) is 0.777. The van der Waals surface area contributed by atoms with Crippen LogP contribution < -0.4 is 10.6 Å². The van der Waals surface area contributed by atoms with Gasteiger partial charge < -0.3 is 20.3 Å². The summed E-state index contributed by atoms with van der Waals surface area (Å²) in [6, 6.07) is 7.09. The van der Waals surface area contributed by atoms with E-state index in [4.69, 9.17) is 4.52 Å². The Bertz CT molecular complexity index is 676. The Balaban J connectivity index is 0.00000192. The maximum Gasteiger partial charge on any atom is 0.258 e. The Morgan fingerprint density at radius 2 is 2.22 bits per heavy atom. The molecular formula is C15H19ClN4O3. The first-order valence-corrected chi connectivity index (χ1v) is 7.22. The molecule has 1 aromatic carbocycles. The van der Waals surface area contributed by atoms with Gasteiger partial charge >= 0.3 is 0 Å². The van der Waals surface area contributed by atoms with Crippen LogP contribution in [0.2, 0.25) is 0 Å². The third-order valence-corrected chi connectivity index (χ3v) is 3.76. The Morgan fingerprint density at radius 1 is 1.43 bits per heavy atom. The molecule has 1 saturated heterocycles. The zero-order chi connectivity index (χ0) is 15.5. The number of carbonyl (C=O) groups is 1. The lowest BCUT2D eigenvalue weighted by Crippen LogP contribution is -2.34. The van der Waals surface area contributed by atoms with Gasteiger partial charge in [0.25, 0.3) is 11.8 Å². The molecule has 1 amide bonds. The van der Waals surface area contributed by atoms with Gasteiger partial charge in [0.15, 0.2) is 5.82 Å². The highest BCUT2D eigenvalue weighted by Gasteiger charge is 2.25. The molecule has 3 rings (SSSR count). The summed E-state index contributed by atoms with van der Waals surface area (Å²) in [6.45, 7) is 3.42. The van der Waals surface area contributed by atoms with Gasteiger partial charge in [-0.05, 0) is 19.1 Å². The van der Waals surface area contributed by atoms with Crippen LogP contribution in [0.1, 0.15) is 16.2 Å². The summed E-state index contributed by atoms with van der Waals surface area (Å²) in [6.07, 6.45) is -0.422. The average molecular weight is 339 g/mol. The van der Waals surface area contributed by atoms with Crippen molar-refractivity contribution in [1.29, 1.82) is 0 Å². The van der Waals surface area contributed by atoms with Crippen molar-refractivity contribution in [2.24, 2.45) is 5.92 Å². The predicted molar refractivity (Wildman–Crippen MR) is 86.4 cm³/mol. The van der Waals surface area contributed by atoms with Crippen LogP contribution in [0.4, 0.5) is 0 Å². The fourth-order valence-electron chi connectivity index (χ4n) is 2.52. The molecule has 124 valence electrons. The number of rotatable bonds is 4. The van der Waals surface area contributed by atoms with Crippen molar-refractivity contribution < 1.29 is 14.4 Å². The Hall–Kier alpha value is -1.96. The molecular weight excluding hydrogens is 320 g/mol. The van der Waals surface area contributed by atoms with E-state index in [2.05, 4.69) is 20.8 Å². The Labute approximate surface area is 139 Å². The monoisotopic (exact) mass is 338 g/mol. The molecule has 2 atom stereocenters. The standard InChI is InChI=1S/C15H18N4O3.ClH/c1-9-18-15(22-19-9)12-5-3-2-4-11(12)14(21)17-7-10-6-16-8-13(10)20;/h2-5,10,13,16,20H,6-8H2,1H3,(H,17,21);1H. The van der Waals surface area contributed by atoms with Crippen LogP contribution in [0.25, 0.3) is 11.5 Å². The first kappa shape index (κ1) is 17.4. The van der Waals surface area contributed by atoms with Gasteiger partial charge in [-0.25, -0.2) is 0 Å². The van der Waals surface area contributed by atoms with Crippen molar-refractivity contribution in [3.05, 3.63) is 35.7 Å². The normalized spacial score (nSPS) is 20.1. The molecule has 0 bridgehead atoms. The summed E-state index contributed by atoms with van der Waals surface area (Å²) in [5.41, 5.74) is 1.08. The summed E-state index contributed by atoms with van der Waals surface area (Å²) in [5, 5.41) is 19.5. The Kier molecular flexibility index (Phi) is 5.70. The highest BCUT2D eigenvalue weighted by molar-refractivity contribution is 5.99. The number of hydrogen-bond acceptors (Lipinski definition) is 6. The minimum Gasteiger partial charge on any atom is -0.391 e. The van der Waals surface area contributed by atoms with E-state index in [1.165, 1.54) is 0 Å². The third-order valence-electron chi connectivity index (χ3n) is 3.76. The largest absolute Gasteiger partial charge is 0.391 e. The lowest BCUT2D eigenvalue weighted by Gasteiger charge is -2.14. The number of nitrogens with one attached hydrogen (secondary N) is 2. The molecule has 1 aliphatic rings. The molecule has 0 radical (unpaired) electrons. The van der Waals surface area contributed by atoms with Gasteiger partial charge in [0, 0.05) is 25.6 Å². The number of aliphatic hydroxyl groups excluding tert-OH is 1. The summed E-state index contributed by atoms with van der Waals surface area (Å²) in [7, 11) is 0. The molecule has 8 heteroatoms. The number of amides is 1. The number of carbonyl (C=O) groups excluding carboxylic acids is 1. The number of aromatic nitrogens is 2. The van der Waals surface area contributed by atoms with Crippen LogP contribution >= 0.6 is 12.4 Å². The van der Waals surface area contributed by atoms with E-state index in [0.29, 0.717) is 42.5 Å². The van der Waals surface area contributed by atoms with Crippen molar-refractivity contribution in [1.82, 2.24) is 20.8 Å². The number of β-amino-alcohol motifs (C(OH)–C–C–N with tert-alkyl or cyclic N) is 1. The molecule has 2 heterocycles. The topological polar surface area (TPSA) is 100 Å². The molecule has 2 aromatic rings. The fourth-order valence-corrected chi connectivity index (χ4v) is 2.52. The highest BCUT2D eigenvalue weighted by Crippen LogP contribution is 2.22. The number of hydrogen-bond donors (Lipinski definition) is 3. The van der Waals surface area contributed by atoms with Crippen LogP contribution in [-0.2, 0) is 0 Å². The number of aryl methyl sites for hydroxylation is 1. The van der Waals surface area contributed by atoms with Gasteiger partial charge in [0.1, 0.15) is 0 Å². The van der Waals surface area contributed by atoms with Gasteiger partial charge in [-0.2, -0.15) is 4.98 Å². The van der Waals surface area contributed by atoms with Crippen LogP contribution in [0.3, 0.4) is 0 Å². The van der Waals surface area contributed by atoms with Crippen LogP contribution in [-0.4, -0.2) is 46.9 Å². The van der Waals surface area contributed by atoms with Gasteiger partial charge in [-0.1, -0.05) is 17.3 Å². The smallest absolute Gasteiger partial charge is 0.258 e. The molecule has 1 aromatic heterocycles. The molecule has 1 aliphatic heterocycles. The molecule has 2 unspecified atom stereocenters. The van der Waals surface area contributed by atoms with Crippen LogP contribution in [0.15, 0.2) is 28.8 Å². The number of aliphatic hydroxyl groups is 1. The van der Waals surface area contributed by atoms with E-state index < -0.39 is 6.10 Å². The number of halogens is 1. The van der Waals surface area contributed by atoms with Crippen molar-refractivity contribution in [3.8, 4) is 11.5 Å². The molecule has 0 aliphatic carbocycles. The second kappa shape index (κ2) is 7.54. The van der Waals surface area contributed by atoms with E-state index in [0.717, 1.165) is 0 Å². The minimum absolute atomic E-state index is 0. The quantitative estimate of drug-likeness (QED) is 0.761. The average Bonchev–Trinajstić information content (AvgIpc) is 3.13. The molecule has 1 fully saturated rings. The Morgan fingerprint density at radius 3 is 2.87 bits per heavy atom. The summed E-state index contributed by atoms with van der Waals surface area (Å²) in [4.78, 5) is 16.6. The molecule has 23 heavy (non-hydrogen) atoms. The zero-order valence-electron chi connectivity index (χ0n) is 12.7. The van der Waals surface area contributed by atoms with E-state index in [1.54, 1.807) is 25.1 Å². The van der Waals surface area contributed by atoms with Gasteiger partial charge in [-0.3, -0.25) is 4.79 Å². The maximum atomic E-state index is 12.4. The molecule has 0 saturated carbocycles. The summed E-state index contributed by atoms with van der Waals surface area (Å²) >= 11 is 0. The molecule has 7 nitrogen and oxygen atoms in total. The van der Waals surface area contributed by atoms with E-state index in [-0.39, 0.29) is 24.2 Å². The lowest BCUT2D eigenvalue weighted by molar-refractivity contribution is 0.0927. The van der Waals surface area contributed by atoms with Crippen molar-refractivity contribution in [2.75, 3.05) is 19.6 Å². The lowest BCUT2D eigenvalue weighted by atomic mass is 10.0. The van der Waals surface area contributed by atoms with Gasteiger partial charge in [0.05, 0.1) is 17.2 Å². The molecule has 0 spiro atoms. The van der Waals surface area contributed by atoms with E-state index in [9.17, 15) is 9.90 Å². The van der Waals surface area contributed by atoms with E-state index in [1.807, 2.05) is 6.07 Å². The first-order valence-electron chi connectivity index (χ1n) is 7.22. The zero-order valence-corrected chi connectivity index (χ0v) is 13.5. The number of nitrogens with zero attached hydrogens (tertiary/aromatic N) is 2. The number of benzene rings is 1. The van der Waals surface area contributed by atoms with Gasteiger partial charge in [-0.15, -0.1) is 12.4 Å². The summed E-state index contributed by atoms with van der Waals surface area (Å²) < 4.78 is 5.15. The van der Waals surface area contributed by atoms with Gasteiger partial charge in [0.2, 0.25) is 0 Å². The maximum absolute atomic E-state index is 12.4. The van der Waals surface area contributed by atoms with Crippen LogP contribution in [0.5, 0.6) is 0 Å². The van der Waals surface area contributed by atoms with Crippen LogP contribution in [0, 0.1) is 12.8 Å². The fraction of sp³-hybridized carbons (Fsp3) is 0.400. The van der Waals surface area contributed by atoms with Crippen molar-refractivity contribution in [3.63, 3.8) is 0 Å². The summed E-state index contributed by atoms with van der Waals surface area (Å²) in [5.74, 6) is 0.656. The van der Waals surface area contributed by atoms with E-state index >= 15 is 0 Å². The third kappa shape index (κ3) is 3.87. The van der Waals surface area contributed by atoms with Crippen molar-refractivity contribution in [2.45, 2.75) is 13.0 Å².